The predicted molar refractivity (Wildman–Crippen MR) is 128 cm³/mol. The van der Waals surface area contributed by atoms with Crippen LogP contribution in [0.2, 0.25) is 0 Å². The molecule has 3 aromatic rings. The van der Waals surface area contributed by atoms with Gasteiger partial charge in [0.25, 0.3) is 17.7 Å². The number of carbonyl (C=O) groups excluding carboxylic acids is 3. The van der Waals surface area contributed by atoms with E-state index in [0.717, 1.165) is 0 Å². The van der Waals surface area contributed by atoms with Crippen molar-refractivity contribution in [3.63, 3.8) is 0 Å². The van der Waals surface area contributed by atoms with Crippen molar-refractivity contribution in [3.05, 3.63) is 77.4 Å². The molecule has 0 aliphatic carbocycles. The lowest BCUT2D eigenvalue weighted by atomic mass is 10.1. The number of benzene rings is 3. The molecule has 182 valence electrons. The zero-order valence-electron chi connectivity index (χ0n) is 19.6. The number of hydrazine groups is 1. The third-order valence-corrected chi connectivity index (χ3v) is 4.99. The molecule has 0 spiro atoms. The maximum atomic E-state index is 13.0. The minimum absolute atomic E-state index is 0.142. The summed E-state index contributed by atoms with van der Waals surface area (Å²) in [5, 5.41) is 2.70. The van der Waals surface area contributed by atoms with Crippen LogP contribution < -0.4 is 35.1 Å². The lowest BCUT2D eigenvalue weighted by molar-refractivity contribution is 0.0847. The average molecular weight is 479 g/mol. The van der Waals surface area contributed by atoms with Crippen molar-refractivity contribution in [2.24, 2.45) is 0 Å². The number of para-hydroxylation sites is 1. The van der Waals surface area contributed by atoms with E-state index in [0.29, 0.717) is 28.6 Å². The quantitative estimate of drug-likeness (QED) is 0.424. The molecule has 0 bridgehead atoms. The van der Waals surface area contributed by atoms with Crippen LogP contribution in [-0.4, -0.2) is 46.2 Å². The monoisotopic (exact) mass is 479 g/mol. The molecule has 35 heavy (non-hydrogen) atoms. The fourth-order valence-corrected chi connectivity index (χ4v) is 3.19. The zero-order chi connectivity index (χ0) is 25.4. The smallest absolute Gasteiger partial charge is 0.271 e. The fourth-order valence-electron chi connectivity index (χ4n) is 3.19. The van der Waals surface area contributed by atoms with E-state index in [9.17, 15) is 14.4 Å². The molecule has 0 aliphatic rings. The minimum atomic E-state index is -0.618. The molecule has 10 nitrogen and oxygen atoms in total. The Hall–Kier alpha value is -4.73. The summed E-state index contributed by atoms with van der Waals surface area (Å²) in [6.07, 6.45) is 0. The molecule has 0 aliphatic heterocycles. The molecular formula is C25H25N3O7. The summed E-state index contributed by atoms with van der Waals surface area (Å²) in [4.78, 5) is 38.0. The SMILES string of the molecule is COc1ccc(C(=O)NNC(=O)c2ccccc2NC(=O)c2cc(OC)c(OC)c(OC)c2)cc1. The van der Waals surface area contributed by atoms with Crippen molar-refractivity contribution < 1.29 is 33.3 Å². The summed E-state index contributed by atoms with van der Waals surface area (Å²) in [6.45, 7) is 0. The van der Waals surface area contributed by atoms with Gasteiger partial charge < -0.3 is 24.3 Å². The predicted octanol–water partition coefficient (Wildman–Crippen LogP) is 3.05. The van der Waals surface area contributed by atoms with Crippen molar-refractivity contribution in [1.82, 2.24) is 10.9 Å². The zero-order valence-corrected chi connectivity index (χ0v) is 19.6. The van der Waals surface area contributed by atoms with Crippen molar-refractivity contribution in [1.29, 1.82) is 0 Å². The molecule has 3 aromatic carbocycles. The van der Waals surface area contributed by atoms with E-state index in [-0.39, 0.29) is 16.8 Å². The molecule has 10 heteroatoms. The van der Waals surface area contributed by atoms with Crippen molar-refractivity contribution in [2.75, 3.05) is 33.8 Å². The molecule has 3 amide bonds. The number of ether oxygens (including phenoxy) is 4. The second-order valence-electron chi connectivity index (χ2n) is 7.05. The van der Waals surface area contributed by atoms with Crippen LogP contribution in [0.5, 0.6) is 23.0 Å². The highest BCUT2D eigenvalue weighted by Gasteiger charge is 2.19. The van der Waals surface area contributed by atoms with Gasteiger partial charge in [0.15, 0.2) is 11.5 Å². The Morgan fingerprint density at radius 1 is 0.629 bits per heavy atom. The Kier molecular flexibility index (Phi) is 8.12. The molecule has 0 fully saturated rings. The van der Waals surface area contributed by atoms with Gasteiger partial charge in [-0.05, 0) is 48.5 Å². The summed E-state index contributed by atoms with van der Waals surface area (Å²) in [7, 11) is 5.87. The number of hydrogen-bond donors (Lipinski definition) is 3. The molecular weight excluding hydrogens is 454 g/mol. The van der Waals surface area contributed by atoms with Crippen molar-refractivity contribution in [3.8, 4) is 23.0 Å². The van der Waals surface area contributed by atoms with Crippen LogP contribution in [0, 0.1) is 0 Å². The summed E-state index contributed by atoms with van der Waals surface area (Å²) >= 11 is 0. The van der Waals surface area contributed by atoms with Gasteiger partial charge in [0, 0.05) is 11.1 Å². The highest BCUT2D eigenvalue weighted by atomic mass is 16.5. The Bertz CT molecular complexity index is 1200. The number of hydrogen-bond acceptors (Lipinski definition) is 7. The first-order valence-electron chi connectivity index (χ1n) is 10.4. The molecule has 3 N–H and O–H groups in total. The normalized spacial score (nSPS) is 10.1. The van der Waals surface area contributed by atoms with E-state index >= 15 is 0 Å². The Labute approximate surface area is 202 Å². The highest BCUT2D eigenvalue weighted by molar-refractivity contribution is 6.09. The molecule has 0 saturated heterocycles. The van der Waals surface area contributed by atoms with Gasteiger partial charge in [0.2, 0.25) is 5.75 Å². The van der Waals surface area contributed by atoms with Gasteiger partial charge in [-0.3, -0.25) is 25.2 Å². The van der Waals surface area contributed by atoms with E-state index in [1.54, 1.807) is 42.5 Å². The van der Waals surface area contributed by atoms with Gasteiger partial charge in [0.1, 0.15) is 5.75 Å². The Morgan fingerprint density at radius 3 is 1.80 bits per heavy atom. The van der Waals surface area contributed by atoms with Gasteiger partial charge in [-0.25, -0.2) is 0 Å². The molecule has 0 saturated carbocycles. The maximum absolute atomic E-state index is 13.0. The number of amides is 3. The standard InChI is InChI=1S/C25H25N3O7/c1-32-17-11-9-15(10-12-17)24(30)27-28-25(31)18-7-5-6-8-19(18)26-23(29)16-13-20(33-2)22(35-4)21(14-16)34-3/h5-14H,1-4H3,(H,26,29)(H,27,30)(H,28,31). The Balaban J connectivity index is 1.74. The largest absolute Gasteiger partial charge is 0.497 e. The Morgan fingerprint density at radius 2 is 1.23 bits per heavy atom. The first-order chi connectivity index (χ1) is 16.9. The van der Waals surface area contributed by atoms with Crippen LogP contribution >= 0.6 is 0 Å². The van der Waals surface area contributed by atoms with Gasteiger partial charge in [-0.2, -0.15) is 0 Å². The van der Waals surface area contributed by atoms with Gasteiger partial charge >= 0.3 is 0 Å². The second-order valence-corrected chi connectivity index (χ2v) is 7.05. The number of anilines is 1. The molecule has 0 heterocycles. The number of carbonyl (C=O) groups is 3. The summed E-state index contributed by atoms with van der Waals surface area (Å²) in [5.74, 6) is -0.0748. The van der Waals surface area contributed by atoms with E-state index in [4.69, 9.17) is 18.9 Å². The minimum Gasteiger partial charge on any atom is -0.497 e. The first kappa shape index (κ1) is 24.9. The topological polar surface area (TPSA) is 124 Å². The van der Waals surface area contributed by atoms with Crippen LogP contribution in [0.3, 0.4) is 0 Å². The maximum Gasteiger partial charge on any atom is 0.271 e. The lowest BCUT2D eigenvalue weighted by Crippen LogP contribution is -2.41. The molecule has 0 aromatic heterocycles. The lowest BCUT2D eigenvalue weighted by Gasteiger charge is -2.15. The van der Waals surface area contributed by atoms with Crippen LogP contribution in [0.25, 0.3) is 0 Å². The van der Waals surface area contributed by atoms with Gasteiger partial charge in [0.05, 0.1) is 39.7 Å². The number of rotatable bonds is 8. The van der Waals surface area contributed by atoms with Gasteiger partial charge in [-0.1, -0.05) is 12.1 Å². The van der Waals surface area contributed by atoms with Crippen LogP contribution in [0.1, 0.15) is 31.1 Å². The summed E-state index contributed by atoms with van der Waals surface area (Å²) in [5.41, 5.74) is 5.64. The van der Waals surface area contributed by atoms with Crippen molar-refractivity contribution >= 4 is 23.4 Å². The number of methoxy groups -OCH3 is 4. The average Bonchev–Trinajstić information content (AvgIpc) is 2.90. The van der Waals surface area contributed by atoms with E-state index < -0.39 is 17.7 Å². The first-order valence-corrected chi connectivity index (χ1v) is 10.4. The van der Waals surface area contributed by atoms with E-state index in [1.807, 2.05) is 0 Å². The van der Waals surface area contributed by atoms with Crippen molar-refractivity contribution in [2.45, 2.75) is 0 Å². The summed E-state index contributed by atoms with van der Waals surface area (Å²) < 4.78 is 20.9. The van der Waals surface area contributed by atoms with Crippen LogP contribution in [0.15, 0.2) is 60.7 Å². The van der Waals surface area contributed by atoms with Crippen LogP contribution in [-0.2, 0) is 0 Å². The second kappa shape index (κ2) is 11.4. The highest BCUT2D eigenvalue weighted by Crippen LogP contribution is 2.38. The van der Waals surface area contributed by atoms with Gasteiger partial charge in [-0.15, -0.1) is 0 Å². The van der Waals surface area contributed by atoms with E-state index in [1.165, 1.54) is 46.6 Å². The van der Waals surface area contributed by atoms with E-state index in [2.05, 4.69) is 16.2 Å². The molecule has 0 unspecified atom stereocenters. The molecule has 3 rings (SSSR count). The third-order valence-electron chi connectivity index (χ3n) is 4.99. The molecule has 0 atom stereocenters. The third kappa shape index (κ3) is 5.80. The van der Waals surface area contributed by atoms with Crippen LogP contribution in [0.4, 0.5) is 5.69 Å². The number of nitrogens with one attached hydrogen (secondary N) is 3. The summed E-state index contributed by atoms with van der Waals surface area (Å²) in [6, 6.07) is 15.7. The molecule has 0 radical (unpaired) electrons. The fraction of sp³-hybridized carbons (Fsp3) is 0.160.